The average molecular weight is 283 g/mol. The van der Waals surface area contributed by atoms with Gasteiger partial charge >= 0.3 is 0 Å². The molecule has 0 bridgehead atoms. The summed E-state index contributed by atoms with van der Waals surface area (Å²) in [6.45, 7) is 6.06. The number of unbranched alkanes of at least 4 members (excludes halogenated alkanes) is 5. The molecule has 1 saturated heterocycles. The number of nitrogens with zero attached hydrogens (tertiary/aromatic N) is 1. The van der Waals surface area contributed by atoms with E-state index in [0.717, 1.165) is 19.6 Å². The Balaban J connectivity index is 1.95. The van der Waals surface area contributed by atoms with Crippen LogP contribution in [0.15, 0.2) is 0 Å². The van der Waals surface area contributed by atoms with Crippen LogP contribution in [0.4, 0.5) is 0 Å². The molecule has 1 heterocycles. The second-order valence-corrected chi connectivity index (χ2v) is 5.95. The van der Waals surface area contributed by atoms with E-state index >= 15 is 0 Å². The molecule has 0 aromatic rings. The zero-order valence-electron chi connectivity index (χ0n) is 13.4. The van der Waals surface area contributed by atoms with Gasteiger partial charge in [-0.25, -0.2) is 0 Å². The van der Waals surface area contributed by atoms with Crippen molar-refractivity contribution in [2.45, 2.75) is 64.3 Å². The van der Waals surface area contributed by atoms with Crippen molar-refractivity contribution in [2.24, 2.45) is 0 Å². The van der Waals surface area contributed by atoms with E-state index in [2.05, 4.69) is 22.5 Å². The third-order valence-corrected chi connectivity index (χ3v) is 4.20. The molecule has 0 unspecified atom stereocenters. The van der Waals surface area contributed by atoms with Crippen LogP contribution in [0.5, 0.6) is 0 Å². The van der Waals surface area contributed by atoms with Crippen molar-refractivity contribution in [1.29, 1.82) is 0 Å². The predicted octanol–water partition coefficient (Wildman–Crippen LogP) is 2.15. The molecular weight excluding hydrogens is 250 g/mol. The maximum absolute atomic E-state index is 11.3. The summed E-state index contributed by atoms with van der Waals surface area (Å²) in [6.07, 6.45) is 10.5. The Morgan fingerprint density at radius 2 is 1.75 bits per heavy atom. The molecule has 1 aliphatic heterocycles. The van der Waals surface area contributed by atoms with Gasteiger partial charge in [0.05, 0.1) is 6.54 Å². The summed E-state index contributed by atoms with van der Waals surface area (Å²) in [5.41, 5.74) is 0. The number of hydrogen-bond donors (Lipinski definition) is 2. The number of carbonyl (C=O) groups is 1. The normalized spacial score (nSPS) is 17.3. The minimum atomic E-state index is 0.128. The van der Waals surface area contributed by atoms with Crippen molar-refractivity contribution in [2.75, 3.05) is 33.2 Å². The Hall–Kier alpha value is -0.610. The molecule has 4 nitrogen and oxygen atoms in total. The van der Waals surface area contributed by atoms with E-state index in [-0.39, 0.29) is 5.91 Å². The standard InChI is InChI=1S/C16H33N3O/c1-3-4-5-6-7-8-11-18-15-9-12-19(13-10-15)14-16(20)17-2/h15,18H,3-14H2,1-2H3,(H,17,20). The van der Waals surface area contributed by atoms with Crippen LogP contribution in [0.2, 0.25) is 0 Å². The van der Waals surface area contributed by atoms with Crippen LogP contribution < -0.4 is 10.6 Å². The molecule has 0 aromatic carbocycles. The zero-order chi connectivity index (χ0) is 14.6. The van der Waals surface area contributed by atoms with Gasteiger partial charge in [0.1, 0.15) is 0 Å². The Morgan fingerprint density at radius 3 is 2.40 bits per heavy atom. The summed E-state index contributed by atoms with van der Waals surface area (Å²) in [4.78, 5) is 13.6. The minimum Gasteiger partial charge on any atom is -0.358 e. The highest BCUT2D eigenvalue weighted by atomic mass is 16.1. The molecule has 4 heteroatoms. The second kappa shape index (κ2) is 11.1. The number of nitrogens with one attached hydrogen (secondary N) is 2. The van der Waals surface area contributed by atoms with Gasteiger partial charge in [-0.05, 0) is 25.8 Å². The first kappa shape index (κ1) is 17.4. The summed E-state index contributed by atoms with van der Waals surface area (Å²) >= 11 is 0. The monoisotopic (exact) mass is 283 g/mol. The summed E-state index contributed by atoms with van der Waals surface area (Å²) in [5, 5.41) is 6.36. The molecule has 1 aliphatic rings. The van der Waals surface area contributed by atoms with E-state index in [1.807, 2.05) is 0 Å². The van der Waals surface area contributed by atoms with Crippen LogP contribution in [-0.2, 0) is 4.79 Å². The van der Waals surface area contributed by atoms with Crippen LogP contribution in [0.3, 0.4) is 0 Å². The lowest BCUT2D eigenvalue weighted by atomic mass is 10.0. The maximum Gasteiger partial charge on any atom is 0.233 e. The molecule has 0 aromatic heterocycles. The van der Waals surface area contributed by atoms with E-state index in [1.54, 1.807) is 7.05 Å². The largest absolute Gasteiger partial charge is 0.358 e. The number of piperidine rings is 1. The van der Waals surface area contributed by atoms with Gasteiger partial charge in [0, 0.05) is 26.2 Å². The molecule has 0 spiro atoms. The first-order valence-corrected chi connectivity index (χ1v) is 8.42. The summed E-state index contributed by atoms with van der Waals surface area (Å²) in [5.74, 6) is 0.128. The van der Waals surface area contributed by atoms with Crippen molar-refractivity contribution < 1.29 is 4.79 Å². The molecule has 0 aliphatic carbocycles. The first-order chi connectivity index (χ1) is 9.76. The Kier molecular flexibility index (Phi) is 9.67. The van der Waals surface area contributed by atoms with Gasteiger partial charge in [-0.1, -0.05) is 39.0 Å². The van der Waals surface area contributed by atoms with Crippen molar-refractivity contribution >= 4 is 5.91 Å². The average Bonchev–Trinajstić information content (AvgIpc) is 2.48. The van der Waals surface area contributed by atoms with Gasteiger partial charge in [-0.3, -0.25) is 9.69 Å². The molecule has 2 N–H and O–H groups in total. The number of likely N-dealkylation sites (tertiary alicyclic amines) is 1. The second-order valence-electron chi connectivity index (χ2n) is 5.95. The molecule has 1 fully saturated rings. The van der Waals surface area contributed by atoms with Crippen LogP contribution in [0.1, 0.15) is 58.3 Å². The zero-order valence-corrected chi connectivity index (χ0v) is 13.4. The fourth-order valence-corrected chi connectivity index (χ4v) is 2.79. The highest BCUT2D eigenvalue weighted by molar-refractivity contribution is 5.77. The van der Waals surface area contributed by atoms with E-state index in [4.69, 9.17) is 0 Å². The van der Waals surface area contributed by atoms with Gasteiger partial charge < -0.3 is 10.6 Å². The summed E-state index contributed by atoms with van der Waals surface area (Å²) < 4.78 is 0. The third kappa shape index (κ3) is 7.85. The maximum atomic E-state index is 11.3. The molecule has 1 rings (SSSR count). The number of carbonyl (C=O) groups excluding carboxylic acids is 1. The van der Waals surface area contributed by atoms with E-state index in [0.29, 0.717) is 12.6 Å². The van der Waals surface area contributed by atoms with Crippen molar-refractivity contribution in [3.8, 4) is 0 Å². The lowest BCUT2D eigenvalue weighted by molar-refractivity contribution is -0.122. The van der Waals surface area contributed by atoms with Gasteiger partial charge in [-0.2, -0.15) is 0 Å². The number of hydrogen-bond acceptors (Lipinski definition) is 3. The van der Waals surface area contributed by atoms with Gasteiger partial charge in [0.2, 0.25) is 5.91 Å². The lowest BCUT2D eigenvalue weighted by Crippen LogP contribution is -2.45. The van der Waals surface area contributed by atoms with Crippen LogP contribution >= 0.6 is 0 Å². The van der Waals surface area contributed by atoms with Gasteiger partial charge in [-0.15, -0.1) is 0 Å². The van der Waals surface area contributed by atoms with Crippen LogP contribution in [0.25, 0.3) is 0 Å². The molecule has 0 saturated carbocycles. The van der Waals surface area contributed by atoms with Crippen LogP contribution in [0, 0.1) is 0 Å². The molecule has 0 atom stereocenters. The first-order valence-electron chi connectivity index (χ1n) is 8.42. The van der Waals surface area contributed by atoms with E-state index < -0.39 is 0 Å². The topological polar surface area (TPSA) is 44.4 Å². The fraction of sp³-hybridized carbons (Fsp3) is 0.938. The van der Waals surface area contributed by atoms with Gasteiger partial charge in [0.15, 0.2) is 0 Å². The van der Waals surface area contributed by atoms with Crippen molar-refractivity contribution in [3.63, 3.8) is 0 Å². The SMILES string of the molecule is CCCCCCCCNC1CCN(CC(=O)NC)CC1. The van der Waals surface area contributed by atoms with E-state index in [9.17, 15) is 4.79 Å². The lowest BCUT2D eigenvalue weighted by Gasteiger charge is -2.31. The third-order valence-electron chi connectivity index (χ3n) is 4.20. The van der Waals surface area contributed by atoms with E-state index in [1.165, 1.54) is 51.4 Å². The molecular formula is C16H33N3O. The Bertz CT molecular complexity index is 250. The molecule has 118 valence electrons. The summed E-state index contributed by atoms with van der Waals surface area (Å²) in [6, 6.07) is 0.659. The predicted molar refractivity (Wildman–Crippen MR) is 84.9 cm³/mol. The Labute approximate surface area is 124 Å². The van der Waals surface area contributed by atoms with Gasteiger partial charge in [0.25, 0.3) is 0 Å². The fourth-order valence-electron chi connectivity index (χ4n) is 2.79. The highest BCUT2D eigenvalue weighted by Crippen LogP contribution is 2.10. The highest BCUT2D eigenvalue weighted by Gasteiger charge is 2.19. The van der Waals surface area contributed by atoms with Crippen LogP contribution in [-0.4, -0.2) is 50.1 Å². The van der Waals surface area contributed by atoms with Crippen molar-refractivity contribution in [3.05, 3.63) is 0 Å². The van der Waals surface area contributed by atoms with Crippen molar-refractivity contribution in [1.82, 2.24) is 15.5 Å². The minimum absolute atomic E-state index is 0.128. The quantitative estimate of drug-likeness (QED) is 0.604. The number of amides is 1. The molecule has 20 heavy (non-hydrogen) atoms. The smallest absolute Gasteiger partial charge is 0.233 e. The summed E-state index contributed by atoms with van der Waals surface area (Å²) in [7, 11) is 1.71. The molecule has 0 radical (unpaired) electrons. The Morgan fingerprint density at radius 1 is 1.10 bits per heavy atom. The number of likely N-dealkylation sites (N-methyl/N-ethyl adjacent to an activating group) is 1. The molecule has 1 amide bonds. The number of rotatable bonds is 10.